The summed E-state index contributed by atoms with van der Waals surface area (Å²) in [6.45, 7) is 6.34. The molecule has 2 aromatic heterocycles. The Hall–Kier alpha value is -2.97. The summed E-state index contributed by atoms with van der Waals surface area (Å²) in [7, 11) is 1.90. The van der Waals surface area contributed by atoms with E-state index in [-0.39, 0.29) is 17.5 Å². The van der Waals surface area contributed by atoms with Gasteiger partial charge in [-0.2, -0.15) is 0 Å². The van der Waals surface area contributed by atoms with Crippen molar-refractivity contribution in [3.05, 3.63) is 80.6 Å². The van der Waals surface area contributed by atoms with Crippen LogP contribution in [0.5, 0.6) is 0 Å². The highest BCUT2D eigenvalue weighted by atomic mass is 32.2. The van der Waals surface area contributed by atoms with Crippen LogP contribution in [0.2, 0.25) is 0 Å². The third-order valence-electron chi connectivity index (χ3n) is 5.30. The van der Waals surface area contributed by atoms with Crippen molar-refractivity contribution in [2.24, 2.45) is 0 Å². The van der Waals surface area contributed by atoms with Crippen LogP contribution in [0, 0.1) is 6.92 Å². The van der Waals surface area contributed by atoms with Crippen molar-refractivity contribution in [1.29, 1.82) is 0 Å². The zero-order valence-electron chi connectivity index (χ0n) is 18.4. The van der Waals surface area contributed by atoms with E-state index in [4.69, 9.17) is 17.2 Å². The van der Waals surface area contributed by atoms with Crippen molar-refractivity contribution >= 4 is 51.7 Å². The molecule has 1 aromatic carbocycles. The Morgan fingerprint density at radius 2 is 1.88 bits per heavy atom. The maximum Gasteiger partial charge on any atom is 0.267 e. The maximum atomic E-state index is 13.5. The molecule has 1 aliphatic rings. The van der Waals surface area contributed by atoms with Crippen LogP contribution in [0.25, 0.3) is 11.7 Å². The second-order valence-corrected chi connectivity index (χ2v) is 9.70. The Bertz CT molecular complexity index is 1300. The Kier molecular flexibility index (Phi) is 6.17. The number of benzene rings is 1. The number of anilines is 1. The van der Waals surface area contributed by atoms with E-state index in [1.807, 2.05) is 75.2 Å². The van der Waals surface area contributed by atoms with E-state index in [1.165, 1.54) is 16.2 Å². The number of carbonyl (C=O) groups is 1. The molecule has 1 amide bonds. The third-order valence-corrected chi connectivity index (χ3v) is 6.63. The molecule has 32 heavy (non-hydrogen) atoms. The van der Waals surface area contributed by atoms with Crippen molar-refractivity contribution in [3.63, 3.8) is 0 Å². The lowest BCUT2D eigenvalue weighted by molar-refractivity contribution is -0.123. The van der Waals surface area contributed by atoms with Gasteiger partial charge in [0, 0.05) is 25.8 Å². The summed E-state index contributed by atoms with van der Waals surface area (Å²) in [6, 6.07) is 13.7. The average Bonchev–Trinajstić information content (AvgIpc) is 3.04. The Balaban J connectivity index is 1.88. The maximum absolute atomic E-state index is 13.5. The minimum atomic E-state index is -0.219. The molecule has 0 N–H and O–H groups in total. The number of hydrogen-bond donors (Lipinski definition) is 0. The van der Waals surface area contributed by atoms with Gasteiger partial charge in [-0.1, -0.05) is 60.4 Å². The van der Waals surface area contributed by atoms with E-state index in [0.29, 0.717) is 32.8 Å². The van der Waals surface area contributed by atoms with Gasteiger partial charge in [0.1, 0.15) is 15.8 Å². The molecule has 0 unspecified atom stereocenters. The first-order valence-corrected chi connectivity index (χ1v) is 11.5. The highest BCUT2D eigenvalue weighted by molar-refractivity contribution is 8.26. The molecule has 164 valence electrons. The molecule has 0 saturated carbocycles. The number of thiocarbonyl (C=S) groups is 1. The van der Waals surface area contributed by atoms with Crippen LogP contribution >= 0.6 is 24.0 Å². The number of carbonyl (C=O) groups excluding carboxylic acids is 1. The fourth-order valence-corrected chi connectivity index (χ4v) is 5.21. The molecule has 8 heteroatoms. The van der Waals surface area contributed by atoms with Gasteiger partial charge in [0.15, 0.2) is 0 Å². The highest BCUT2D eigenvalue weighted by Gasteiger charge is 2.34. The minimum Gasteiger partial charge on any atom is -0.355 e. The second-order valence-electron chi connectivity index (χ2n) is 8.03. The zero-order valence-corrected chi connectivity index (χ0v) is 20.0. The van der Waals surface area contributed by atoms with Crippen molar-refractivity contribution in [2.45, 2.75) is 33.4 Å². The molecule has 0 bridgehead atoms. The van der Waals surface area contributed by atoms with Crippen LogP contribution < -0.4 is 10.5 Å². The molecule has 0 spiro atoms. The van der Waals surface area contributed by atoms with Crippen LogP contribution in [-0.2, 0) is 11.3 Å². The second kappa shape index (κ2) is 8.88. The molecule has 0 radical (unpaired) electrons. The topological polar surface area (TPSA) is 57.9 Å². The van der Waals surface area contributed by atoms with Gasteiger partial charge in [-0.3, -0.25) is 18.9 Å². The Morgan fingerprint density at radius 1 is 1.16 bits per heavy atom. The summed E-state index contributed by atoms with van der Waals surface area (Å²) in [5.41, 5.74) is 2.74. The average molecular weight is 465 g/mol. The molecule has 1 saturated heterocycles. The van der Waals surface area contributed by atoms with Gasteiger partial charge in [-0.15, -0.1) is 0 Å². The van der Waals surface area contributed by atoms with Gasteiger partial charge in [0.25, 0.3) is 11.5 Å². The quantitative estimate of drug-likeness (QED) is 0.416. The summed E-state index contributed by atoms with van der Waals surface area (Å²) in [5.74, 6) is 0.350. The SMILES string of the molecule is Cc1cccn2c(=O)c(C=C3SC(=S)N(C(C)C)C3=O)c(N(C)Cc3ccccc3)nc12. The Morgan fingerprint density at radius 3 is 2.53 bits per heavy atom. The molecule has 1 aliphatic heterocycles. The number of aryl methyl sites for hydroxylation is 1. The standard InChI is InChI=1S/C24H24N4O2S2/c1-15(2)28-23(30)19(32-24(28)31)13-18-21(26(4)14-17-10-6-5-7-11-17)25-20-16(3)9-8-12-27(20)22(18)29/h5-13,15H,14H2,1-4H3. The molecule has 3 heterocycles. The van der Waals surface area contributed by atoms with Gasteiger partial charge in [-0.05, 0) is 44.0 Å². The van der Waals surface area contributed by atoms with Gasteiger partial charge in [0.05, 0.1) is 10.5 Å². The highest BCUT2D eigenvalue weighted by Crippen LogP contribution is 2.34. The zero-order chi connectivity index (χ0) is 23.0. The van der Waals surface area contributed by atoms with Crippen LogP contribution in [0.1, 0.15) is 30.5 Å². The van der Waals surface area contributed by atoms with Gasteiger partial charge < -0.3 is 4.90 Å². The van der Waals surface area contributed by atoms with E-state index >= 15 is 0 Å². The van der Waals surface area contributed by atoms with Crippen LogP contribution in [0.3, 0.4) is 0 Å². The first-order valence-electron chi connectivity index (χ1n) is 10.3. The van der Waals surface area contributed by atoms with E-state index in [9.17, 15) is 9.59 Å². The smallest absolute Gasteiger partial charge is 0.267 e. The fraction of sp³-hybridized carbons (Fsp3) is 0.250. The number of thioether (sulfide) groups is 1. The van der Waals surface area contributed by atoms with Gasteiger partial charge in [0.2, 0.25) is 0 Å². The molecular weight excluding hydrogens is 440 g/mol. The van der Waals surface area contributed by atoms with Crippen molar-refractivity contribution < 1.29 is 4.79 Å². The van der Waals surface area contributed by atoms with Crippen LogP contribution in [0.4, 0.5) is 5.82 Å². The van der Waals surface area contributed by atoms with E-state index in [2.05, 4.69) is 0 Å². The lowest BCUT2D eigenvalue weighted by Crippen LogP contribution is -2.34. The number of aromatic nitrogens is 2. The number of hydrogen-bond acceptors (Lipinski definition) is 6. The van der Waals surface area contributed by atoms with Gasteiger partial charge in [-0.25, -0.2) is 4.98 Å². The van der Waals surface area contributed by atoms with Crippen molar-refractivity contribution in [2.75, 3.05) is 11.9 Å². The molecule has 1 fully saturated rings. The largest absolute Gasteiger partial charge is 0.355 e. The van der Waals surface area contributed by atoms with Crippen molar-refractivity contribution in [3.8, 4) is 0 Å². The molecule has 3 aromatic rings. The van der Waals surface area contributed by atoms with E-state index < -0.39 is 0 Å². The van der Waals surface area contributed by atoms with Crippen molar-refractivity contribution in [1.82, 2.24) is 14.3 Å². The first-order chi connectivity index (χ1) is 15.3. The number of rotatable bonds is 5. The summed E-state index contributed by atoms with van der Waals surface area (Å²) in [4.78, 5) is 35.3. The van der Waals surface area contributed by atoms with Crippen LogP contribution in [0.15, 0.2) is 58.4 Å². The molecule has 4 rings (SSSR count). The first kappa shape index (κ1) is 22.2. The monoisotopic (exact) mass is 464 g/mol. The molecule has 0 atom stereocenters. The lowest BCUT2D eigenvalue weighted by Gasteiger charge is -2.21. The number of pyridine rings is 1. The van der Waals surface area contributed by atoms with Gasteiger partial charge >= 0.3 is 0 Å². The Labute approximate surface area is 196 Å². The predicted molar refractivity (Wildman–Crippen MR) is 135 cm³/mol. The van der Waals surface area contributed by atoms with E-state index in [0.717, 1.165) is 11.1 Å². The summed E-state index contributed by atoms with van der Waals surface area (Å²) < 4.78 is 2.03. The number of fused-ring (bicyclic) bond motifs is 1. The minimum absolute atomic E-state index is 0.0490. The molecule has 6 nitrogen and oxygen atoms in total. The molecular formula is C24H24N4O2S2. The summed E-state index contributed by atoms with van der Waals surface area (Å²) in [5, 5.41) is 0. The predicted octanol–water partition coefficient (Wildman–Crippen LogP) is 4.25. The normalized spacial score (nSPS) is 15.4. The number of amides is 1. The molecule has 0 aliphatic carbocycles. The summed E-state index contributed by atoms with van der Waals surface area (Å²) in [6.07, 6.45) is 3.35. The summed E-state index contributed by atoms with van der Waals surface area (Å²) >= 11 is 6.62. The van der Waals surface area contributed by atoms with Crippen LogP contribution in [-0.4, -0.2) is 37.6 Å². The number of nitrogens with zero attached hydrogens (tertiary/aromatic N) is 4. The third kappa shape index (κ3) is 4.08. The van der Waals surface area contributed by atoms with E-state index in [1.54, 1.807) is 17.2 Å². The lowest BCUT2D eigenvalue weighted by atomic mass is 10.2. The fourth-order valence-electron chi connectivity index (χ4n) is 3.71.